The molecule has 0 bridgehead atoms. The van der Waals surface area contributed by atoms with Gasteiger partial charge in [-0.3, -0.25) is 14.8 Å². The predicted molar refractivity (Wildman–Crippen MR) is 107 cm³/mol. The zero-order valence-electron chi connectivity index (χ0n) is 16.7. The van der Waals surface area contributed by atoms with Gasteiger partial charge in [0.2, 0.25) is 0 Å². The van der Waals surface area contributed by atoms with Gasteiger partial charge in [0, 0.05) is 38.3 Å². The number of hydrogen-bond donors (Lipinski definition) is 0. The summed E-state index contributed by atoms with van der Waals surface area (Å²) >= 11 is 0. The molecule has 2 heterocycles. The summed E-state index contributed by atoms with van der Waals surface area (Å²) in [5.74, 6) is 1.21. The van der Waals surface area contributed by atoms with Crippen molar-refractivity contribution in [2.45, 2.75) is 47.0 Å². The molecule has 0 amide bonds. The van der Waals surface area contributed by atoms with E-state index in [2.05, 4.69) is 48.6 Å². The normalized spacial score (nSPS) is 20.5. The summed E-state index contributed by atoms with van der Waals surface area (Å²) in [4.78, 5) is 23.7. The summed E-state index contributed by atoms with van der Waals surface area (Å²) in [6.07, 6.45) is 5.64. The van der Waals surface area contributed by atoms with Gasteiger partial charge >= 0.3 is 0 Å². The molecule has 0 saturated carbocycles. The molecule has 27 heavy (non-hydrogen) atoms. The Labute approximate surface area is 161 Å². The Morgan fingerprint density at radius 2 is 1.93 bits per heavy atom. The van der Waals surface area contributed by atoms with Crippen molar-refractivity contribution in [1.29, 1.82) is 5.26 Å². The first-order valence-electron chi connectivity index (χ1n) is 9.67. The average molecular weight is 364 g/mol. The van der Waals surface area contributed by atoms with Crippen molar-refractivity contribution < 1.29 is 4.79 Å². The van der Waals surface area contributed by atoms with E-state index in [1.165, 1.54) is 0 Å². The van der Waals surface area contributed by atoms with Crippen LogP contribution in [-0.2, 0) is 4.79 Å². The maximum Gasteiger partial charge on any atom is 0.133 e. The first kappa shape index (κ1) is 19.3. The van der Waals surface area contributed by atoms with E-state index in [0.717, 1.165) is 30.7 Å². The summed E-state index contributed by atoms with van der Waals surface area (Å²) in [6.45, 7) is 10.4. The fraction of sp³-hybridized carbons (Fsp3) is 0.545. The molecular formula is C22H28N4O. The van der Waals surface area contributed by atoms with Crippen LogP contribution in [0.3, 0.4) is 0 Å². The fourth-order valence-electron chi connectivity index (χ4n) is 4.20. The first-order valence-corrected chi connectivity index (χ1v) is 9.67. The lowest BCUT2D eigenvalue weighted by atomic mass is 9.82. The van der Waals surface area contributed by atoms with Crippen LogP contribution in [0.4, 0.5) is 5.69 Å². The van der Waals surface area contributed by atoms with E-state index in [9.17, 15) is 10.1 Å². The fourth-order valence-corrected chi connectivity index (χ4v) is 4.20. The van der Waals surface area contributed by atoms with Crippen molar-refractivity contribution in [3.05, 3.63) is 30.1 Å². The zero-order chi connectivity index (χ0) is 19.6. The molecule has 1 fully saturated rings. The van der Waals surface area contributed by atoms with Crippen molar-refractivity contribution in [2.24, 2.45) is 17.3 Å². The molecule has 2 atom stereocenters. The molecule has 0 spiro atoms. The number of rotatable bonds is 4. The van der Waals surface area contributed by atoms with Crippen molar-refractivity contribution in [1.82, 2.24) is 9.97 Å². The standard InChI is InChI=1S/C22H28N4O/c1-15-9-16(10-18(27)11-22(2,3)4)14-26(13-15)19-6-5-17(12-23)20-21(19)25-8-7-24-20/h5-8,15-16H,9-11,13-14H2,1-4H3. The van der Waals surface area contributed by atoms with E-state index in [1.807, 2.05) is 12.1 Å². The maximum absolute atomic E-state index is 12.5. The van der Waals surface area contributed by atoms with Crippen molar-refractivity contribution in [2.75, 3.05) is 18.0 Å². The summed E-state index contributed by atoms with van der Waals surface area (Å²) in [5, 5.41) is 9.34. The van der Waals surface area contributed by atoms with Crippen LogP contribution >= 0.6 is 0 Å². The highest BCUT2D eigenvalue weighted by Crippen LogP contribution is 2.33. The van der Waals surface area contributed by atoms with E-state index < -0.39 is 0 Å². The van der Waals surface area contributed by atoms with E-state index in [1.54, 1.807) is 12.4 Å². The number of ketones is 1. The maximum atomic E-state index is 12.5. The SMILES string of the molecule is CC1CC(CC(=O)CC(C)(C)C)CN(c2ccc(C#N)c3nccnc23)C1. The van der Waals surface area contributed by atoms with Gasteiger partial charge in [-0.2, -0.15) is 5.26 Å². The largest absolute Gasteiger partial charge is 0.369 e. The van der Waals surface area contributed by atoms with E-state index in [4.69, 9.17) is 0 Å². The number of anilines is 1. The van der Waals surface area contributed by atoms with Gasteiger partial charge in [-0.1, -0.05) is 27.7 Å². The minimum Gasteiger partial charge on any atom is -0.369 e. The monoisotopic (exact) mass is 364 g/mol. The molecule has 0 radical (unpaired) electrons. The number of aromatic nitrogens is 2. The molecule has 5 heteroatoms. The Morgan fingerprint density at radius 1 is 1.22 bits per heavy atom. The third kappa shape index (κ3) is 4.63. The molecule has 1 saturated heterocycles. The molecular weight excluding hydrogens is 336 g/mol. The van der Waals surface area contributed by atoms with Gasteiger partial charge in [0.25, 0.3) is 0 Å². The van der Waals surface area contributed by atoms with Gasteiger partial charge in [0.1, 0.15) is 22.9 Å². The van der Waals surface area contributed by atoms with Gasteiger partial charge in [-0.25, -0.2) is 0 Å². The summed E-state index contributed by atoms with van der Waals surface area (Å²) < 4.78 is 0. The highest BCUT2D eigenvalue weighted by molar-refractivity contribution is 5.92. The molecule has 1 aromatic heterocycles. The Balaban J connectivity index is 1.84. The Bertz CT molecular complexity index is 878. The van der Waals surface area contributed by atoms with Crippen LogP contribution in [0.25, 0.3) is 11.0 Å². The van der Waals surface area contributed by atoms with Gasteiger partial charge in [-0.15, -0.1) is 0 Å². The topological polar surface area (TPSA) is 69.9 Å². The Kier molecular flexibility index (Phi) is 5.46. The number of carbonyl (C=O) groups excluding carboxylic acids is 1. The van der Waals surface area contributed by atoms with Crippen LogP contribution < -0.4 is 4.90 Å². The smallest absolute Gasteiger partial charge is 0.133 e. The second kappa shape index (κ2) is 7.64. The third-order valence-electron chi connectivity index (χ3n) is 5.06. The third-order valence-corrected chi connectivity index (χ3v) is 5.06. The van der Waals surface area contributed by atoms with Crippen molar-refractivity contribution >= 4 is 22.5 Å². The first-order chi connectivity index (χ1) is 12.8. The van der Waals surface area contributed by atoms with Crippen LogP contribution in [0.5, 0.6) is 0 Å². The average Bonchev–Trinajstić information content (AvgIpc) is 2.58. The molecule has 3 rings (SSSR count). The van der Waals surface area contributed by atoms with Crippen LogP contribution in [0, 0.1) is 28.6 Å². The van der Waals surface area contributed by atoms with Crippen molar-refractivity contribution in [3.8, 4) is 6.07 Å². The highest BCUT2D eigenvalue weighted by Gasteiger charge is 2.29. The van der Waals surface area contributed by atoms with Gasteiger partial charge in [0.15, 0.2) is 0 Å². The zero-order valence-corrected chi connectivity index (χ0v) is 16.7. The molecule has 142 valence electrons. The molecule has 0 aliphatic carbocycles. The van der Waals surface area contributed by atoms with E-state index in [0.29, 0.717) is 41.5 Å². The number of hydrogen-bond acceptors (Lipinski definition) is 5. The summed E-state index contributed by atoms with van der Waals surface area (Å²) in [5.41, 5.74) is 3.01. The molecule has 0 N–H and O–H groups in total. The van der Waals surface area contributed by atoms with Gasteiger partial charge < -0.3 is 4.90 Å². The molecule has 2 aromatic rings. The second-order valence-electron chi connectivity index (χ2n) is 9.09. The Morgan fingerprint density at radius 3 is 2.59 bits per heavy atom. The molecule has 1 aromatic carbocycles. The lowest BCUT2D eigenvalue weighted by Crippen LogP contribution is -2.40. The number of piperidine rings is 1. The van der Waals surface area contributed by atoms with Gasteiger partial charge in [-0.05, 0) is 35.8 Å². The summed E-state index contributed by atoms with van der Waals surface area (Å²) in [6, 6.07) is 6.00. The number of carbonyl (C=O) groups is 1. The van der Waals surface area contributed by atoms with E-state index in [-0.39, 0.29) is 5.41 Å². The number of nitriles is 1. The lowest BCUT2D eigenvalue weighted by Gasteiger charge is -2.38. The molecule has 5 nitrogen and oxygen atoms in total. The van der Waals surface area contributed by atoms with Gasteiger partial charge in [0.05, 0.1) is 11.3 Å². The predicted octanol–water partition coefficient (Wildman–Crippen LogP) is 4.36. The van der Waals surface area contributed by atoms with Crippen LogP contribution in [0.15, 0.2) is 24.5 Å². The number of fused-ring (bicyclic) bond motifs is 1. The van der Waals surface area contributed by atoms with Crippen molar-refractivity contribution in [3.63, 3.8) is 0 Å². The lowest BCUT2D eigenvalue weighted by molar-refractivity contribution is -0.121. The quantitative estimate of drug-likeness (QED) is 0.806. The molecule has 1 aliphatic rings. The van der Waals surface area contributed by atoms with Crippen LogP contribution in [-0.4, -0.2) is 28.8 Å². The van der Waals surface area contributed by atoms with Crippen LogP contribution in [0.1, 0.15) is 52.5 Å². The molecule has 2 unspecified atom stereocenters. The number of Topliss-reactive ketones (excluding diaryl/α,β-unsaturated/α-hetero) is 1. The Hall–Kier alpha value is -2.48. The van der Waals surface area contributed by atoms with Crippen LogP contribution in [0.2, 0.25) is 0 Å². The minimum atomic E-state index is 0.0377. The second-order valence-corrected chi connectivity index (χ2v) is 9.09. The number of nitrogens with zero attached hydrogens (tertiary/aromatic N) is 4. The highest BCUT2D eigenvalue weighted by atomic mass is 16.1. The van der Waals surface area contributed by atoms with E-state index >= 15 is 0 Å². The summed E-state index contributed by atoms with van der Waals surface area (Å²) in [7, 11) is 0. The number of benzene rings is 1. The molecule has 1 aliphatic heterocycles. The minimum absolute atomic E-state index is 0.0377.